The Labute approximate surface area is 236 Å². The number of alkyl carbamates (subject to hydrolysis) is 1. The van der Waals surface area contributed by atoms with Gasteiger partial charge in [-0.1, -0.05) is 44.7 Å². The van der Waals surface area contributed by atoms with Crippen LogP contribution in [0.25, 0.3) is 0 Å². The van der Waals surface area contributed by atoms with E-state index in [1.54, 1.807) is 32.9 Å². The van der Waals surface area contributed by atoms with Crippen molar-refractivity contribution < 1.29 is 33.8 Å². The van der Waals surface area contributed by atoms with Gasteiger partial charge in [0.15, 0.2) is 0 Å². The second-order valence-electron chi connectivity index (χ2n) is 10.2. The van der Waals surface area contributed by atoms with Crippen molar-refractivity contribution in [1.29, 1.82) is 0 Å². The Morgan fingerprint density at radius 3 is 2.26 bits per heavy atom. The Hall–Kier alpha value is -2.95. The highest BCUT2D eigenvalue weighted by atomic mass is 32.2. The summed E-state index contributed by atoms with van der Waals surface area (Å²) in [5.41, 5.74) is -0.295. The lowest BCUT2D eigenvalue weighted by Crippen LogP contribution is -2.53. The van der Waals surface area contributed by atoms with Crippen LogP contribution in [0, 0.1) is 0 Å². The number of rotatable bonds is 16. The molecule has 220 valence electrons. The number of methoxy groups -OCH3 is 1. The summed E-state index contributed by atoms with van der Waals surface area (Å²) in [6, 6.07) is 3.95. The number of esters is 1. The molecule has 0 fully saturated rings. The van der Waals surface area contributed by atoms with Crippen molar-refractivity contribution in [3.05, 3.63) is 29.8 Å². The predicted octanol–water partition coefficient (Wildman–Crippen LogP) is 4.17. The molecule has 0 spiro atoms. The topological polar surface area (TPSA) is 134 Å². The summed E-state index contributed by atoms with van der Waals surface area (Å²) < 4.78 is 10.0. The van der Waals surface area contributed by atoms with E-state index in [1.807, 2.05) is 6.26 Å². The van der Waals surface area contributed by atoms with Crippen molar-refractivity contribution in [2.24, 2.45) is 0 Å². The zero-order valence-corrected chi connectivity index (χ0v) is 24.9. The number of carbonyl (C=O) groups excluding carboxylic acids is 4. The maximum absolute atomic E-state index is 14.1. The first kappa shape index (κ1) is 34.1. The summed E-state index contributed by atoms with van der Waals surface area (Å²) >= 11 is 1.53. The van der Waals surface area contributed by atoms with E-state index >= 15 is 0 Å². The lowest BCUT2D eigenvalue weighted by Gasteiger charge is -2.34. The first-order chi connectivity index (χ1) is 18.4. The number of amides is 3. The number of phenolic OH excluding ortho intramolecular Hbond substituents is 1. The molecule has 0 bridgehead atoms. The first-order valence-corrected chi connectivity index (χ1v) is 14.7. The highest BCUT2D eigenvalue weighted by Gasteiger charge is 2.36. The minimum absolute atomic E-state index is 0.00866. The normalized spacial score (nSPS) is 12.7. The van der Waals surface area contributed by atoms with E-state index in [4.69, 9.17) is 4.74 Å². The molecule has 1 aromatic rings. The number of unbranched alkanes of at least 4 members (excludes halogenated alkanes) is 4. The van der Waals surface area contributed by atoms with Crippen LogP contribution >= 0.6 is 11.8 Å². The molecule has 1 rings (SSSR count). The number of ether oxygens (including phenoxy) is 2. The molecule has 0 heterocycles. The van der Waals surface area contributed by atoms with Gasteiger partial charge in [0, 0.05) is 6.54 Å². The van der Waals surface area contributed by atoms with E-state index in [0.717, 1.165) is 25.7 Å². The molecule has 0 saturated heterocycles. The Morgan fingerprint density at radius 2 is 1.69 bits per heavy atom. The molecule has 0 radical (unpaired) electrons. The average Bonchev–Trinajstić information content (AvgIpc) is 2.88. The quantitative estimate of drug-likeness (QED) is 0.200. The predicted molar refractivity (Wildman–Crippen MR) is 153 cm³/mol. The third-order valence-corrected chi connectivity index (χ3v) is 6.43. The molecule has 2 atom stereocenters. The van der Waals surface area contributed by atoms with Crippen molar-refractivity contribution in [3.8, 4) is 5.75 Å². The summed E-state index contributed by atoms with van der Waals surface area (Å²) in [6.45, 7) is 7.21. The second kappa shape index (κ2) is 17.6. The molecular weight excluding hydrogens is 522 g/mol. The fourth-order valence-corrected chi connectivity index (χ4v) is 4.32. The molecule has 0 aliphatic rings. The fraction of sp³-hybridized carbons (Fsp3) is 0.643. The maximum Gasteiger partial charge on any atom is 0.408 e. The van der Waals surface area contributed by atoms with Gasteiger partial charge < -0.3 is 30.1 Å². The molecule has 10 nitrogen and oxygen atoms in total. The maximum atomic E-state index is 14.1. The highest BCUT2D eigenvalue weighted by molar-refractivity contribution is 7.98. The number of thioether (sulfide) groups is 1. The van der Waals surface area contributed by atoms with Crippen LogP contribution in [0.15, 0.2) is 24.3 Å². The number of nitrogens with zero attached hydrogens (tertiary/aromatic N) is 1. The molecule has 0 saturated carbocycles. The Morgan fingerprint density at radius 1 is 1.05 bits per heavy atom. The number of hydrogen-bond donors (Lipinski definition) is 3. The van der Waals surface area contributed by atoms with Crippen molar-refractivity contribution in [2.75, 3.05) is 32.2 Å². The molecule has 11 heteroatoms. The Kier molecular flexibility index (Phi) is 15.4. The number of nitrogens with one attached hydrogen (secondary N) is 2. The molecule has 0 aliphatic heterocycles. The third kappa shape index (κ3) is 13.1. The monoisotopic (exact) mass is 567 g/mol. The van der Waals surface area contributed by atoms with Gasteiger partial charge in [0.25, 0.3) is 0 Å². The molecular formula is C28H45N3O7S. The van der Waals surface area contributed by atoms with Gasteiger partial charge in [0.2, 0.25) is 11.8 Å². The third-order valence-electron chi connectivity index (χ3n) is 5.79. The van der Waals surface area contributed by atoms with Gasteiger partial charge in [-0.2, -0.15) is 11.8 Å². The van der Waals surface area contributed by atoms with Gasteiger partial charge in [0.1, 0.15) is 30.0 Å². The SMILES string of the molecule is CCCCCCCN(C(=O)C(CCSC)NC(=O)OC(C)(C)C)C(C(=O)NCC(=O)OC)c1ccc(O)cc1. The molecule has 1 aromatic carbocycles. The van der Waals surface area contributed by atoms with E-state index in [0.29, 0.717) is 24.2 Å². The van der Waals surface area contributed by atoms with Crippen molar-refractivity contribution >= 4 is 35.6 Å². The number of hydrogen-bond acceptors (Lipinski definition) is 8. The van der Waals surface area contributed by atoms with E-state index < -0.39 is 41.6 Å². The van der Waals surface area contributed by atoms with Gasteiger partial charge >= 0.3 is 12.1 Å². The summed E-state index contributed by atoms with van der Waals surface area (Å²) in [4.78, 5) is 53.4. The zero-order valence-electron chi connectivity index (χ0n) is 24.1. The lowest BCUT2D eigenvalue weighted by atomic mass is 10.0. The molecule has 2 unspecified atom stereocenters. The molecule has 0 aromatic heterocycles. The van der Waals surface area contributed by atoms with Gasteiger partial charge in [-0.25, -0.2) is 4.79 Å². The van der Waals surface area contributed by atoms with Crippen LogP contribution in [0.4, 0.5) is 4.79 Å². The van der Waals surface area contributed by atoms with Gasteiger partial charge in [0.05, 0.1) is 7.11 Å². The van der Waals surface area contributed by atoms with E-state index in [1.165, 1.54) is 35.9 Å². The molecule has 39 heavy (non-hydrogen) atoms. The number of aromatic hydroxyl groups is 1. The van der Waals surface area contributed by atoms with Crippen molar-refractivity contribution in [2.45, 2.75) is 83.9 Å². The van der Waals surface area contributed by atoms with Crippen LogP contribution < -0.4 is 10.6 Å². The average molecular weight is 568 g/mol. The molecule has 3 N–H and O–H groups in total. The van der Waals surface area contributed by atoms with Crippen molar-refractivity contribution in [3.63, 3.8) is 0 Å². The van der Waals surface area contributed by atoms with Crippen molar-refractivity contribution in [1.82, 2.24) is 15.5 Å². The smallest absolute Gasteiger partial charge is 0.408 e. The number of carbonyl (C=O) groups is 4. The minimum atomic E-state index is -1.11. The Balaban J connectivity index is 3.43. The standard InChI is InChI=1S/C28H45N3O7S/c1-7-8-9-10-11-17-31(26(35)22(16-18-39-6)30-27(36)38-28(2,3)4)24(20-12-14-21(32)15-13-20)25(34)29-19-23(33)37-5/h12-15,22,24,32H,7-11,16-19H2,1-6H3,(H,29,34)(H,30,36). The first-order valence-electron chi connectivity index (χ1n) is 13.4. The van der Waals surface area contributed by atoms with Crippen LogP contribution in [0.5, 0.6) is 5.75 Å². The number of phenols is 1. The van der Waals surface area contributed by atoms with Crippen LogP contribution in [-0.4, -0.2) is 77.7 Å². The van der Waals surface area contributed by atoms with Crippen LogP contribution in [0.1, 0.15) is 77.8 Å². The minimum Gasteiger partial charge on any atom is -0.508 e. The molecule has 3 amide bonds. The van der Waals surface area contributed by atoms with E-state index in [-0.39, 0.29) is 18.8 Å². The van der Waals surface area contributed by atoms with Gasteiger partial charge in [-0.15, -0.1) is 0 Å². The van der Waals surface area contributed by atoms with Gasteiger partial charge in [-0.05, 0) is 63.3 Å². The summed E-state index contributed by atoms with van der Waals surface area (Å²) in [5.74, 6) is -1.04. The lowest BCUT2D eigenvalue weighted by molar-refractivity contribution is -0.144. The summed E-state index contributed by atoms with van der Waals surface area (Å²) in [7, 11) is 1.22. The zero-order chi connectivity index (χ0) is 29.4. The highest BCUT2D eigenvalue weighted by Crippen LogP contribution is 2.26. The molecule has 0 aliphatic carbocycles. The Bertz CT molecular complexity index is 919. The summed E-state index contributed by atoms with van der Waals surface area (Å²) in [6.07, 6.45) is 6.13. The number of benzene rings is 1. The van der Waals surface area contributed by atoms with Crippen LogP contribution in [-0.2, 0) is 23.9 Å². The van der Waals surface area contributed by atoms with E-state index in [9.17, 15) is 24.3 Å². The van der Waals surface area contributed by atoms with E-state index in [2.05, 4.69) is 22.3 Å². The largest absolute Gasteiger partial charge is 0.508 e. The van der Waals surface area contributed by atoms with Crippen LogP contribution in [0.3, 0.4) is 0 Å². The summed E-state index contributed by atoms with van der Waals surface area (Å²) in [5, 5.41) is 15.1. The fourth-order valence-electron chi connectivity index (χ4n) is 3.85. The van der Waals surface area contributed by atoms with Crippen LogP contribution in [0.2, 0.25) is 0 Å². The second-order valence-corrected chi connectivity index (χ2v) is 11.2. The van der Waals surface area contributed by atoms with Gasteiger partial charge in [-0.3, -0.25) is 14.4 Å².